The summed E-state index contributed by atoms with van der Waals surface area (Å²) in [5, 5.41) is 3.05. The van der Waals surface area contributed by atoms with E-state index < -0.39 is 24.3 Å². The van der Waals surface area contributed by atoms with Crippen LogP contribution < -0.4 is 15.8 Å². The molecule has 0 spiro atoms. The molecule has 0 saturated carbocycles. The maximum Gasteiger partial charge on any atom is 0.255 e. The average molecular weight is 438 g/mol. The highest BCUT2D eigenvalue weighted by molar-refractivity contribution is 6.33. The van der Waals surface area contributed by atoms with Crippen molar-refractivity contribution in [1.29, 1.82) is 0 Å². The van der Waals surface area contributed by atoms with Crippen LogP contribution in [0.2, 0.25) is 5.02 Å². The number of aryl methyl sites for hydroxylation is 1. The molecule has 1 fully saturated rings. The molecule has 1 aliphatic rings. The van der Waals surface area contributed by atoms with Gasteiger partial charge in [-0.25, -0.2) is 4.39 Å². The van der Waals surface area contributed by atoms with Crippen molar-refractivity contribution in [3.63, 3.8) is 0 Å². The summed E-state index contributed by atoms with van der Waals surface area (Å²) < 4.78 is 41.9. The van der Waals surface area contributed by atoms with Gasteiger partial charge in [-0.3, -0.25) is 9.69 Å². The molecule has 1 amide bonds. The highest BCUT2D eigenvalue weighted by Gasteiger charge is 2.23. The van der Waals surface area contributed by atoms with Crippen molar-refractivity contribution in [1.82, 2.24) is 10.2 Å². The van der Waals surface area contributed by atoms with Crippen LogP contribution in [-0.2, 0) is 11.2 Å². The Bertz CT molecular complexity index is 993. The van der Waals surface area contributed by atoms with E-state index in [2.05, 4.69) is 5.32 Å². The monoisotopic (exact) mass is 437 g/mol. The van der Waals surface area contributed by atoms with E-state index >= 15 is 0 Å². The number of nitrogens with one attached hydrogen (secondary N) is 1. The molecule has 8 heteroatoms. The number of hydrogen-bond acceptors (Lipinski definition) is 5. The molecule has 0 bridgehead atoms. The minimum absolute atomic E-state index is 0.168. The van der Waals surface area contributed by atoms with Crippen molar-refractivity contribution >= 4 is 23.2 Å². The van der Waals surface area contributed by atoms with Crippen LogP contribution in [-0.4, -0.2) is 49.8 Å². The normalized spacial score (nSPS) is 18.5. The molecule has 30 heavy (non-hydrogen) atoms. The number of anilines is 1. The summed E-state index contributed by atoms with van der Waals surface area (Å²) in [7, 11) is 0. The second kappa shape index (κ2) is 10.1. The molecule has 1 unspecified atom stereocenters. The largest absolute Gasteiger partial charge is 0.493 e. The summed E-state index contributed by atoms with van der Waals surface area (Å²) in [6, 6.07) is 7.02. The smallest absolute Gasteiger partial charge is 0.255 e. The van der Waals surface area contributed by atoms with E-state index in [9.17, 15) is 9.18 Å². The molecule has 3 rings (SSSR count). The molecule has 162 valence electrons. The molecule has 3 N–H and O–H groups in total. The number of rotatable bonds is 7. The lowest BCUT2D eigenvalue weighted by Gasteiger charge is -2.33. The van der Waals surface area contributed by atoms with Gasteiger partial charge in [0.05, 0.1) is 35.6 Å². The lowest BCUT2D eigenvalue weighted by Crippen LogP contribution is -2.47. The SMILES string of the molecule is [2H]C([2H])(c1ccc(F)cc1C)N1CCOC(CNC(=O)c2cc(Cl)c(N)cc2OCC)C1. The predicted octanol–water partition coefficient (Wildman–Crippen LogP) is 3.40. The van der Waals surface area contributed by atoms with Gasteiger partial charge in [0.2, 0.25) is 0 Å². The van der Waals surface area contributed by atoms with E-state index in [1.54, 1.807) is 18.7 Å². The van der Waals surface area contributed by atoms with Gasteiger partial charge < -0.3 is 20.5 Å². The van der Waals surface area contributed by atoms with Crippen molar-refractivity contribution in [2.45, 2.75) is 26.4 Å². The second-order valence-electron chi connectivity index (χ2n) is 7.02. The number of carbonyl (C=O) groups is 1. The van der Waals surface area contributed by atoms with Crippen molar-refractivity contribution in [3.8, 4) is 5.75 Å². The Balaban J connectivity index is 1.68. The lowest BCUT2D eigenvalue weighted by atomic mass is 10.1. The summed E-state index contributed by atoms with van der Waals surface area (Å²) in [4.78, 5) is 14.4. The quantitative estimate of drug-likeness (QED) is 0.649. The van der Waals surface area contributed by atoms with Gasteiger partial charge in [0, 0.05) is 34.9 Å². The molecular weight excluding hydrogens is 409 g/mol. The number of ether oxygens (including phenoxy) is 2. The Labute approximate surface area is 183 Å². The van der Waals surface area contributed by atoms with E-state index in [1.807, 2.05) is 0 Å². The maximum absolute atomic E-state index is 13.5. The number of benzene rings is 2. The number of halogens is 2. The predicted molar refractivity (Wildman–Crippen MR) is 116 cm³/mol. The summed E-state index contributed by atoms with van der Waals surface area (Å²) >= 11 is 6.07. The standard InChI is InChI=1S/C22H27ClFN3O3/c1-3-29-21-10-20(25)19(23)9-18(21)22(28)26-11-17-13-27(6-7-30-17)12-15-4-5-16(24)8-14(15)2/h4-5,8-10,17H,3,6-7,11-13,25H2,1-2H3,(H,26,28)/i12D2. The first-order valence-electron chi connectivity index (χ1n) is 10.8. The molecule has 0 radical (unpaired) electrons. The maximum atomic E-state index is 13.5. The van der Waals surface area contributed by atoms with Gasteiger partial charge in [0.15, 0.2) is 0 Å². The fourth-order valence-corrected chi connectivity index (χ4v) is 3.35. The van der Waals surface area contributed by atoms with Crippen LogP contribution in [0.25, 0.3) is 0 Å². The number of nitrogens with two attached hydrogens (primary N) is 1. The summed E-state index contributed by atoms with van der Waals surface area (Å²) in [5.74, 6) is -0.464. The number of nitrogens with zero attached hydrogens (tertiary/aromatic N) is 1. The molecular formula is C22H27ClFN3O3. The van der Waals surface area contributed by atoms with Crippen LogP contribution in [0, 0.1) is 12.7 Å². The molecule has 6 nitrogen and oxygen atoms in total. The summed E-state index contributed by atoms with van der Waals surface area (Å²) in [6.45, 7) is 3.13. The highest BCUT2D eigenvalue weighted by Crippen LogP contribution is 2.29. The Kier molecular flexibility index (Phi) is 6.60. The van der Waals surface area contributed by atoms with Crippen molar-refractivity contribution in [2.75, 3.05) is 38.6 Å². The first-order valence-corrected chi connectivity index (χ1v) is 10.1. The van der Waals surface area contributed by atoms with Crippen LogP contribution in [0.1, 0.15) is 31.2 Å². The van der Waals surface area contributed by atoms with Crippen LogP contribution >= 0.6 is 11.6 Å². The van der Waals surface area contributed by atoms with E-state index in [-0.39, 0.29) is 23.7 Å². The third kappa shape index (κ3) is 5.62. The van der Waals surface area contributed by atoms with Crippen molar-refractivity contribution in [3.05, 3.63) is 57.9 Å². The van der Waals surface area contributed by atoms with E-state index in [4.69, 9.17) is 29.5 Å². The van der Waals surface area contributed by atoms with Gasteiger partial charge in [-0.15, -0.1) is 0 Å². The number of nitrogen functional groups attached to an aromatic ring is 1. The van der Waals surface area contributed by atoms with Crippen LogP contribution in [0.3, 0.4) is 0 Å². The molecule has 2 aromatic carbocycles. The average Bonchev–Trinajstić information content (AvgIpc) is 2.74. The topological polar surface area (TPSA) is 76.8 Å². The molecule has 0 aromatic heterocycles. The van der Waals surface area contributed by atoms with Crippen molar-refractivity contribution < 1.29 is 21.4 Å². The summed E-state index contributed by atoms with van der Waals surface area (Å²) in [5.41, 5.74) is 7.33. The van der Waals surface area contributed by atoms with Crippen LogP contribution in [0.4, 0.5) is 10.1 Å². The molecule has 1 heterocycles. The first kappa shape index (κ1) is 19.6. The Morgan fingerprint density at radius 3 is 3.00 bits per heavy atom. The van der Waals surface area contributed by atoms with E-state index in [0.29, 0.717) is 42.3 Å². The molecule has 1 aliphatic heterocycles. The molecule has 2 aromatic rings. The zero-order chi connectivity index (χ0) is 23.5. The zero-order valence-corrected chi connectivity index (χ0v) is 17.8. The zero-order valence-electron chi connectivity index (χ0n) is 19.0. The summed E-state index contributed by atoms with van der Waals surface area (Å²) in [6.07, 6.45) is -0.427. The van der Waals surface area contributed by atoms with Gasteiger partial charge in [-0.2, -0.15) is 0 Å². The second-order valence-corrected chi connectivity index (χ2v) is 7.43. The number of carbonyl (C=O) groups excluding carboxylic acids is 1. The van der Waals surface area contributed by atoms with Crippen LogP contribution in [0.15, 0.2) is 30.3 Å². The Morgan fingerprint density at radius 2 is 2.27 bits per heavy atom. The van der Waals surface area contributed by atoms with E-state index in [1.165, 1.54) is 30.3 Å². The number of morpholine rings is 1. The molecule has 0 aliphatic carbocycles. The first-order chi connectivity index (χ1) is 15.1. The van der Waals surface area contributed by atoms with Gasteiger partial charge in [0.1, 0.15) is 11.6 Å². The Hall–Kier alpha value is -2.35. The number of amides is 1. The van der Waals surface area contributed by atoms with E-state index in [0.717, 1.165) is 0 Å². The highest BCUT2D eigenvalue weighted by atomic mass is 35.5. The van der Waals surface area contributed by atoms with Gasteiger partial charge in [-0.1, -0.05) is 17.7 Å². The van der Waals surface area contributed by atoms with Crippen molar-refractivity contribution in [2.24, 2.45) is 0 Å². The minimum atomic E-state index is -1.81. The Morgan fingerprint density at radius 1 is 1.47 bits per heavy atom. The third-order valence-corrected chi connectivity index (χ3v) is 5.07. The third-order valence-electron chi connectivity index (χ3n) is 4.74. The van der Waals surface area contributed by atoms with Gasteiger partial charge >= 0.3 is 0 Å². The van der Waals surface area contributed by atoms with Crippen LogP contribution in [0.5, 0.6) is 5.75 Å². The fraction of sp³-hybridized carbons (Fsp3) is 0.409. The lowest BCUT2D eigenvalue weighted by molar-refractivity contribution is -0.0293. The molecule has 1 saturated heterocycles. The minimum Gasteiger partial charge on any atom is -0.493 e. The molecule has 1 atom stereocenters. The fourth-order valence-electron chi connectivity index (χ4n) is 3.19. The van der Waals surface area contributed by atoms with Gasteiger partial charge in [0.25, 0.3) is 5.91 Å². The number of hydrogen-bond donors (Lipinski definition) is 2. The van der Waals surface area contributed by atoms with Gasteiger partial charge in [-0.05, 0) is 43.2 Å².